The molecular formula is C33H32N2O8S. The topological polar surface area (TPSA) is 107 Å². The molecule has 5 rings (SSSR count). The largest absolute Gasteiger partial charge is 0.493 e. The fourth-order valence-corrected chi connectivity index (χ4v) is 6.20. The lowest BCUT2D eigenvalue weighted by atomic mass is 9.92. The van der Waals surface area contributed by atoms with E-state index < -0.39 is 12.0 Å². The number of carbonyl (C=O) groups excluding carboxylic acids is 1. The fourth-order valence-electron chi connectivity index (χ4n) is 5.20. The zero-order chi connectivity index (χ0) is 31.4. The Balaban J connectivity index is 1.86. The summed E-state index contributed by atoms with van der Waals surface area (Å²) in [6.07, 6.45) is 1.73. The lowest BCUT2D eigenvalue weighted by molar-refractivity contribution is -0.138. The number of hydrogen-bond acceptors (Lipinski definition) is 10. The van der Waals surface area contributed by atoms with Crippen LogP contribution in [0.15, 0.2) is 76.0 Å². The maximum Gasteiger partial charge on any atom is 0.338 e. The SMILES string of the molecule is CCOC(=O)C1=C(c2ccccc2)N=c2s/c(=C\c3cc(OC)c(OC)c(OC)c3)c(=O)n2[C@@H]1c1cccc(OC)c1OC. The van der Waals surface area contributed by atoms with Gasteiger partial charge >= 0.3 is 5.97 Å². The van der Waals surface area contributed by atoms with Crippen molar-refractivity contribution in [2.75, 3.05) is 42.2 Å². The molecule has 1 atom stereocenters. The smallest absolute Gasteiger partial charge is 0.338 e. The second-order valence-corrected chi connectivity index (χ2v) is 10.5. The zero-order valence-electron chi connectivity index (χ0n) is 25.2. The van der Waals surface area contributed by atoms with Gasteiger partial charge in [-0.25, -0.2) is 9.79 Å². The van der Waals surface area contributed by atoms with Crippen molar-refractivity contribution < 1.29 is 33.2 Å². The van der Waals surface area contributed by atoms with Crippen LogP contribution < -0.4 is 38.6 Å². The van der Waals surface area contributed by atoms with E-state index in [1.807, 2.05) is 30.3 Å². The van der Waals surface area contributed by atoms with Crippen LogP contribution >= 0.6 is 11.3 Å². The summed E-state index contributed by atoms with van der Waals surface area (Å²) in [7, 11) is 7.62. The minimum Gasteiger partial charge on any atom is -0.493 e. The molecule has 10 nitrogen and oxygen atoms in total. The van der Waals surface area contributed by atoms with Gasteiger partial charge in [0.25, 0.3) is 5.56 Å². The molecule has 1 aliphatic heterocycles. The third kappa shape index (κ3) is 5.42. The molecule has 228 valence electrons. The summed E-state index contributed by atoms with van der Waals surface area (Å²) in [4.78, 5) is 33.4. The van der Waals surface area contributed by atoms with Crippen molar-refractivity contribution in [2.45, 2.75) is 13.0 Å². The van der Waals surface area contributed by atoms with Gasteiger partial charge < -0.3 is 28.4 Å². The average Bonchev–Trinajstić information content (AvgIpc) is 3.37. The summed E-state index contributed by atoms with van der Waals surface area (Å²) in [5, 5.41) is 0. The third-order valence-corrected chi connectivity index (χ3v) is 8.07. The van der Waals surface area contributed by atoms with Gasteiger partial charge in [-0.05, 0) is 36.8 Å². The van der Waals surface area contributed by atoms with Crippen LogP contribution in [0.5, 0.6) is 28.7 Å². The van der Waals surface area contributed by atoms with Gasteiger partial charge in [0.05, 0.1) is 58.0 Å². The molecule has 0 N–H and O–H groups in total. The molecule has 0 fully saturated rings. The van der Waals surface area contributed by atoms with Crippen molar-refractivity contribution in [3.8, 4) is 28.7 Å². The van der Waals surface area contributed by atoms with Crippen molar-refractivity contribution in [3.63, 3.8) is 0 Å². The Labute approximate surface area is 258 Å². The van der Waals surface area contributed by atoms with Crippen LogP contribution in [0.1, 0.15) is 29.7 Å². The van der Waals surface area contributed by atoms with Crippen molar-refractivity contribution in [1.29, 1.82) is 0 Å². The highest BCUT2D eigenvalue weighted by Gasteiger charge is 2.37. The van der Waals surface area contributed by atoms with Crippen molar-refractivity contribution in [2.24, 2.45) is 4.99 Å². The van der Waals surface area contributed by atoms with Crippen LogP contribution in [-0.2, 0) is 9.53 Å². The van der Waals surface area contributed by atoms with E-state index in [1.165, 1.54) is 51.5 Å². The molecule has 0 unspecified atom stereocenters. The Morgan fingerprint density at radius 2 is 1.52 bits per heavy atom. The molecule has 3 aromatic carbocycles. The maximum atomic E-state index is 14.3. The molecule has 1 aliphatic rings. The molecule has 0 bridgehead atoms. The van der Waals surface area contributed by atoms with Crippen LogP contribution in [0.25, 0.3) is 11.8 Å². The lowest BCUT2D eigenvalue weighted by Gasteiger charge is -2.27. The first-order valence-corrected chi connectivity index (χ1v) is 14.5. The predicted molar refractivity (Wildman–Crippen MR) is 167 cm³/mol. The number of carbonyl (C=O) groups is 1. The van der Waals surface area contributed by atoms with E-state index in [9.17, 15) is 9.59 Å². The highest BCUT2D eigenvalue weighted by Crippen LogP contribution is 2.42. The summed E-state index contributed by atoms with van der Waals surface area (Å²) in [6.45, 7) is 1.87. The number of ether oxygens (including phenoxy) is 6. The zero-order valence-corrected chi connectivity index (χ0v) is 26.0. The minimum atomic E-state index is -0.937. The number of para-hydroxylation sites is 1. The predicted octanol–water partition coefficient (Wildman–Crippen LogP) is 3.98. The Bertz CT molecular complexity index is 1890. The highest BCUT2D eigenvalue weighted by molar-refractivity contribution is 7.07. The third-order valence-electron chi connectivity index (χ3n) is 7.09. The van der Waals surface area contributed by atoms with Gasteiger partial charge in [-0.3, -0.25) is 9.36 Å². The van der Waals surface area contributed by atoms with Gasteiger partial charge in [-0.2, -0.15) is 0 Å². The number of rotatable bonds is 10. The summed E-state index contributed by atoms with van der Waals surface area (Å²) in [6, 6.07) is 17.2. The van der Waals surface area contributed by atoms with Gasteiger partial charge in [-0.1, -0.05) is 53.8 Å². The van der Waals surface area contributed by atoms with E-state index in [1.54, 1.807) is 43.3 Å². The van der Waals surface area contributed by atoms with Crippen LogP contribution in [0.2, 0.25) is 0 Å². The monoisotopic (exact) mass is 616 g/mol. The Kier molecular flexibility index (Phi) is 9.05. The standard InChI is InChI=1S/C33H32N2O8S/c1-7-43-32(37)26-27(20-12-9-8-10-13-20)34-33-35(28(26)21-14-11-15-22(38-2)29(21)41-5)31(36)25(44-33)18-19-16-23(39-3)30(42-6)24(17-19)40-4/h8-18,28H,7H2,1-6H3/b25-18-/t28-/m1/s1. The van der Waals surface area contributed by atoms with Gasteiger partial charge in [0.15, 0.2) is 27.8 Å². The average molecular weight is 617 g/mol. The Morgan fingerprint density at radius 3 is 2.11 bits per heavy atom. The van der Waals surface area contributed by atoms with Crippen LogP contribution in [-0.4, -0.2) is 52.7 Å². The second-order valence-electron chi connectivity index (χ2n) is 9.47. The number of fused-ring (bicyclic) bond motifs is 1. The Morgan fingerprint density at radius 1 is 0.864 bits per heavy atom. The molecule has 2 heterocycles. The summed E-state index contributed by atoms with van der Waals surface area (Å²) in [5.41, 5.74) is 2.14. The molecule has 4 aromatic rings. The highest BCUT2D eigenvalue weighted by atomic mass is 32.1. The van der Waals surface area contributed by atoms with Crippen molar-refractivity contribution in [1.82, 2.24) is 4.57 Å². The van der Waals surface area contributed by atoms with Crippen LogP contribution in [0.3, 0.4) is 0 Å². The maximum absolute atomic E-state index is 14.3. The van der Waals surface area contributed by atoms with Gasteiger partial charge in [0.1, 0.15) is 6.04 Å². The van der Waals surface area contributed by atoms with Gasteiger partial charge in [0.2, 0.25) is 5.75 Å². The first-order valence-electron chi connectivity index (χ1n) is 13.7. The number of aromatic nitrogens is 1. The first kappa shape index (κ1) is 30.4. The van der Waals surface area contributed by atoms with Crippen LogP contribution in [0.4, 0.5) is 0 Å². The van der Waals surface area contributed by atoms with E-state index >= 15 is 0 Å². The minimum absolute atomic E-state index is 0.137. The molecular weight excluding hydrogens is 584 g/mol. The lowest BCUT2D eigenvalue weighted by Crippen LogP contribution is -2.40. The summed E-state index contributed by atoms with van der Waals surface area (Å²) in [5.74, 6) is 1.57. The molecule has 0 saturated heterocycles. The molecule has 44 heavy (non-hydrogen) atoms. The van der Waals surface area contributed by atoms with E-state index in [4.69, 9.17) is 33.4 Å². The number of benzene rings is 3. The molecule has 1 aromatic heterocycles. The van der Waals surface area contributed by atoms with E-state index in [0.29, 0.717) is 60.5 Å². The molecule has 11 heteroatoms. The molecule has 0 amide bonds. The number of nitrogens with zero attached hydrogens (tertiary/aromatic N) is 2. The summed E-state index contributed by atoms with van der Waals surface area (Å²) < 4.78 is 35.3. The van der Waals surface area contributed by atoms with Crippen LogP contribution in [0, 0.1) is 0 Å². The fraction of sp³-hybridized carbons (Fsp3) is 0.242. The normalized spacial score (nSPS) is 14.4. The quantitative estimate of drug-likeness (QED) is 0.247. The molecule has 0 aliphatic carbocycles. The van der Waals surface area contributed by atoms with E-state index in [-0.39, 0.29) is 17.7 Å². The molecule has 0 spiro atoms. The van der Waals surface area contributed by atoms with E-state index in [2.05, 4.69) is 0 Å². The second kappa shape index (κ2) is 13.1. The van der Waals surface area contributed by atoms with Crippen molar-refractivity contribution >= 4 is 29.1 Å². The Hall–Kier alpha value is -5.03. The molecule has 0 saturated carbocycles. The first-order chi connectivity index (χ1) is 21.4. The number of hydrogen-bond donors (Lipinski definition) is 0. The number of methoxy groups -OCH3 is 5. The van der Waals surface area contributed by atoms with E-state index in [0.717, 1.165) is 0 Å². The molecule has 0 radical (unpaired) electrons. The number of esters is 1. The van der Waals surface area contributed by atoms with Crippen molar-refractivity contribution in [3.05, 3.63) is 103 Å². The summed E-state index contributed by atoms with van der Waals surface area (Å²) >= 11 is 1.20. The number of thiazole rings is 1. The van der Waals surface area contributed by atoms with Gasteiger partial charge in [0, 0.05) is 11.1 Å². The van der Waals surface area contributed by atoms with Gasteiger partial charge in [-0.15, -0.1) is 0 Å².